The molecular formula is C6H6O3P2. The summed E-state index contributed by atoms with van der Waals surface area (Å²) in [6.07, 6.45) is 0. The van der Waals surface area contributed by atoms with E-state index in [1.165, 1.54) is 0 Å². The van der Waals surface area contributed by atoms with Gasteiger partial charge in [0.25, 0.3) is 0 Å². The van der Waals surface area contributed by atoms with E-state index in [0.29, 0.717) is 0 Å². The summed E-state index contributed by atoms with van der Waals surface area (Å²) >= 11 is 0. The fourth-order valence-corrected chi connectivity index (χ4v) is 1.67. The van der Waals surface area contributed by atoms with Crippen molar-refractivity contribution >= 4 is 18.1 Å². The molecule has 0 aromatic heterocycles. The van der Waals surface area contributed by atoms with Gasteiger partial charge in [0.05, 0.1) is 0 Å². The molecule has 2 rings (SSSR count). The van der Waals surface area contributed by atoms with Crippen molar-refractivity contribution in [3.05, 3.63) is 24.3 Å². The molecule has 0 fully saturated rings. The van der Waals surface area contributed by atoms with Crippen LogP contribution in [0.1, 0.15) is 0 Å². The van der Waals surface area contributed by atoms with Crippen molar-refractivity contribution in [3.8, 4) is 11.5 Å². The lowest BCUT2D eigenvalue weighted by Gasteiger charge is -2.11. The average Bonchev–Trinajstić information content (AvgIpc) is 2.02. The zero-order chi connectivity index (χ0) is 7.52. The standard InChI is InChI=1S/C6H6O3P2/c1-2-5-4-6(3-1)8-11-9-10-7-5/h1-4,10-11H. The second-order valence-electron chi connectivity index (χ2n) is 1.95. The van der Waals surface area contributed by atoms with Gasteiger partial charge in [-0.25, -0.2) is 0 Å². The van der Waals surface area contributed by atoms with Crippen LogP contribution in [-0.2, 0) is 4.31 Å². The molecule has 2 atom stereocenters. The minimum Gasteiger partial charge on any atom is -0.449 e. The van der Waals surface area contributed by atoms with Crippen LogP contribution < -0.4 is 9.05 Å². The van der Waals surface area contributed by atoms with Gasteiger partial charge in [0.15, 0.2) is 0 Å². The molecule has 0 saturated carbocycles. The summed E-state index contributed by atoms with van der Waals surface area (Å²) in [5.41, 5.74) is 0. The van der Waals surface area contributed by atoms with Crippen molar-refractivity contribution in [3.63, 3.8) is 0 Å². The smallest absolute Gasteiger partial charge is 0.221 e. The Morgan fingerprint density at radius 1 is 1.00 bits per heavy atom. The van der Waals surface area contributed by atoms with Gasteiger partial charge < -0.3 is 9.05 Å². The summed E-state index contributed by atoms with van der Waals surface area (Å²) < 4.78 is 15.4. The summed E-state index contributed by atoms with van der Waals surface area (Å²) in [6, 6.07) is 7.49. The Labute approximate surface area is 67.9 Å². The van der Waals surface area contributed by atoms with E-state index in [1.54, 1.807) is 0 Å². The molecule has 0 aliphatic carbocycles. The lowest BCUT2D eigenvalue weighted by molar-refractivity contribution is 0.483. The van der Waals surface area contributed by atoms with Crippen molar-refractivity contribution < 1.29 is 13.4 Å². The van der Waals surface area contributed by atoms with Gasteiger partial charge in [-0.1, -0.05) is 6.07 Å². The molecule has 2 unspecified atom stereocenters. The van der Waals surface area contributed by atoms with E-state index < -0.39 is 0 Å². The zero-order valence-electron chi connectivity index (χ0n) is 5.53. The van der Waals surface area contributed by atoms with Crippen LogP contribution in [0.3, 0.4) is 0 Å². The molecular weight excluding hydrogens is 182 g/mol. The van der Waals surface area contributed by atoms with Crippen molar-refractivity contribution in [2.24, 2.45) is 0 Å². The fourth-order valence-electron chi connectivity index (χ4n) is 0.756. The highest BCUT2D eigenvalue weighted by molar-refractivity contribution is 7.41. The first-order chi connectivity index (χ1) is 5.45. The minimum atomic E-state index is 0.0416. The van der Waals surface area contributed by atoms with Crippen molar-refractivity contribution in [1.82, 2.24) is 0 Å². The van der Waals surface area contributed by atoms with Crippen LogP contribution in [-0.4, -0.2) is 0 Å². The lowest BCUT2D eigenvalue weighted by atomic mass is 10.3. The van der Waals surface area contributed by atoms with Gasteiger partial charge in [-0.3, -0.25) is 4.31 Å². The Morgan fingerprint density at radius 2 is 1.64 bits per heavy atom. The summed E-state index contributed by atoms with van der Waals surface area (Å²) in [6.45, 7) is 0. The van der Waals surface area contributed by atoms with Crippen molar-refractivity contribution in [2.75, 3.05) is 0 Å². The Balaban J connectivity index is 2.30. The second-order valence-corrected chi connectivity index (χ2v) is 3.51. The van der Waals surface area contributed by atoms with Crippen LogP contribution in [0, 0.1) is 0 Å². The number of hydrogen-bond donors (Lipinski definition) is 0. The molecule has 11 heavy (non-hydrogen) atoms. The number of fused-ring (bicyclic) bond motifs is 2. The predicted octanol–water partition coefficient (Wildman–Crippen LogP) is 2.49. The monoisotopic (exact) mass is 188 g/mol. The number of hydrogen-bond acceptors (Lipinski definition) is 3. The quantitative estimate of drug-likeness (QED) is 0.585. The molecule has 0 amide bonds. The number of benzene rings is 1. The maximum atomic E-state index is 5.22. The van der Waals surface area contributed by atoms with E-state index in [9.17, 15) is 0 Å². The largest absolute Gasteiger partial charge is 0.449 e. The zero-order valence-corrected chi connectivity index (χ0v) is 7.53. The first-order valence-corrected chi connectivity index (χ1v) is 4.68. The maximum absolute atomic E-state index is 5.22. The van der Waals surface area contributed by atoms with Gasteiger partial charge in [0.1, 0.15) is 11.5 Å². The Morgan fingerprint density at radius 3 is 2.27 bits per heavy atom. The molecule has 1 aromatic rings. The molecule has 5 heteroatoms. The summed E-state index contributed by atoms with van der Waals surface area (Å²) in [5, 5.41) is 0. The highest BCUT2D eigenvalue weighted by Gasteiger charge is 2.02. The minimum absolute atomic E-state index is 0.0416. The Hall–Kier alpha value is -0.360. The van der Waals surface area contributed by atoms with Crippen LogP contribution in [0.25, 0.3) is 0 Å². The van der Waals surface area contributed by atoms with Gasteiger partial charge in [-0.2, -0.15) is 0 Å². The second kappa shape index (κ2) is 3.36. The van der Waals surface area contributed by atoms with Crippen molar-refractivity contribution in [1.29, 1.82) is 0 Å². The molecule has 1 aliphatic heterocycles. The van der Waals surface area contributed by atoms with E-state index in [0.717, 1.165) is 11.5 Å². The molecule has 3 nitrogen and oxygen atoms in total. The topological polar surface area (TPSA) is 27.7 Å². The van der Waals surface area contributed by atoms with E-state index in [1.807, 2.05) is 24.3 Å². The highest BCUT2D eigenvalue weighted by atomic mass is 31.2. The molecule has 1 aliphatic rings. The third kappa shape index (κ3) is 1.81. The van der Waals surface area contributed by atoms with Gasteiger partial charge in [0.2, 0.25) is 18.1 Å². The lowest BCUT2D eigenvalue weighted by Crippen LogP contribution is -1.85. The summed E-state index contributed by atoms with van der Waals surface area (Å²) in [7, 11) is 0.0832. The maximum Gasteiger partial charge on any atom is 0.221 e. The predicted molar refractivity (Wildman–Crippen MR) is 45.4 cm³/mol. The molecule has 1 heterocycles. The Kier molecular flexibility index (Phi) is 2.23. The molecule has 0 spiro atoms. The molecule has 0 N–H and O–H groups in total. The van der Waals surface area contributed by atoms with Gasteiger partial charge in [0, 0.05) is 6.07 Å². The van der Waals surface area contributed by atoms with Crippen LogP contribution in [0.5, 0.6) is 11.5 Å². The fraction of sp³-hybridized carbons (Fsp3) is 0. The molecule has 0 saturated heterocycles. The van der Waals surface area contributed by atoms with Crippen LogP contribution in [0.4, 0.5) is 0 Å². The SMILES string of the molecule is c1cc2cc(c1)OPOPO2. The first kappa shape index (κ1) is 7.30. The van der Waals surface area contributed by atoms with Crippen LogP contribution in [0.15, 0.2) is 24.3 Å². The van der Waals surface area contributed by atoms with Gasteiger partial charge in [-0.05, 0) is 12.1 Å². The summed E-state index contributed by atoms with van der Waals surface area (Å²) in [5.74, 6) is 1.59. The number of rotatable bonds is 0. The van der Waals surface area contributed by atoms with E-state index in [2.05, 4.69) is 0 Å². The van der Waals surface area contributed by atoms with E-state index >= 15 is 0 Å². The van der Waals surface area contributed by atoms with Gasteiger partial charge in [-0.15, -0.1) is 0 Å². The molecule has 2 bridgehead atoms. The van der Waals surface area contributed by atoms with E-state index in [4.69, 9.17) is 13.4 Å². The van der Waals surface area contributed by atoms with E-state index in [-0.39, 0.29) is 18.1 Å². The molecule has 58 valence electrons. The van der Waals surface area contributed by atoms with Crippen LogP contribution in [0.2, 0.25) is 0 Å². The van der Waals surface area contributed by atoms with Crippen molar-refractivity contribution in [2.45, 2.75) is 0 Å². The molecule has 0 radical (unpaired) electrons. The third-order valence-electron chi connectivity index (χ3n) is 1.21. The summed E-state index contributed by atoms with van der Waals surface area (Å²) in [4.78, 5) is 0. The third-order valence-corrected chi connectivity index (χ3v) is 2.51. The Bertz CT molecular complexity index is 232. The van der Waals surface area contributed by atoms with Crippen LogP contribution >= 0.6 is 18.1 Å². The highest BCUT2D eigenvalue weighted by Crippen LogP contribution is 2.36. The average molecular weight is 188 g/mol. The first-order valence-electron chi connectivity index (χ1n) is 3.05. The molecule has 1 aromatic carbocycles. The normalized spacial score (nSPS) is 20.0. The van der Waals surface area contributed by atoms with Gasteiger partial charge >= 0.3 is 0 Å².